The van der Waals surface area contributed by atoms with E-state index in [0.717, 1.165) is 10.5 Å². The molecular formula is C15H19NO5. The monoisotopic (exact) mass is 293 g/mol. The Morgan fingerprint density at radius 3 is 2.67 bits per heavy atom. The topological polar surface area (TPSA) is 76.1 Å². The Balaban J connectivity index is 2.02. The minimum absolute atomic E-state index is 0.132. The van der Waals surface area contributed by atoms with Crippen molar-refractivity contribution in [3.05, 3.63) is 35.9 Å². The molecule has 1 heterocycles. The fraction of sp³-hybridized carbons (Fsp3) is 0.467. The minimum Gasteiger partial charge on any atom is -0.459 e. The summed E-state index contributed by atoms with van der Waals surface area (Å²) in [5, 5.41) is 10.2. The standard InChI is InChI=1S/C15H19NO5/c1-15(19)9-8-12(16(15)14(18)20-2)13(17)21-10-11-6-4-3-5-7-11/h3-7,12,19H,8-10H2,1-2H3/t12-,15?/m0/s1. The van der Waals surface area contributed by atoms with Crippen LogP contribution in [-0.2, 0) is 20.9 Å². The molecular weight excluding hydrogens is 274 g/mol. The third kappa shape index (κ3) is 3.33. The summed E-state index contributed by atoms with van der Waals surface area (Å²) < 4.78 is 9.86. The lowest BCUT2D eigenvalue weighted by Gasteiger charge is -2.31. The van der Waals surface area contributed by atoms with Crippen LogP contribution < -0.4 is 0 Å². The van der Waals surface area contributed by atoms with Gasteiger partial charge in [-0.05, 0) is 25.3 Å². The van der Waals surface area contributed by atoms with Gasteiger partial charge in [-0.25, -0.2) is 9.59 Å². The molecule has 1 fully saturated rings. The number of rotatable bonds is 3. The first-order chi connectivity index (χ1) is 9.95. The molecule has 0 saturated carbocycles. The molecule has 1 aliphatic heterocycles. The van der Waals surface area contributed by atoms with E-state index in [1.807, 2.05) is 30.3 Å². The molecule has 21 heavy (non-hydrogen) atoms. The number of amides is 1. The van der Waals surface area contributed by atoms with Crippen molar-refractivity contribution in [2.24, 2.45) is 0 Å². The van der Waals surface area contributed by atoms with Crippen LogP contribution in [0.2, 0.25) is 0 Å². The van der Waals surface area contributed by atoms with Gasteiger partial charge in [-0.2, -0.15) is 0 Å². The zero-order valence-corrected chi connectivity index (χ0v) is 12.1. The number of hydrogen-bond acceptors (Lipinski definition) is 5. The first-order valence-corrected chi connectivity index (χ1v) is 6.76. The first kappa shape index (κ1) is 15.3. The van der Waals surface area contributed by atoms with Gasteiger partial charge < -0.3 is 14.6 Å². The normalized spacial score (nSPS) is 24.7. The largest absolute Gasteiger partial charge is 0.459 e. The maximum absolute atomic E-state index is 12.2. The fourth-order valence-corrected chi connectivity index (χ4v) is 2.47. The van der Waals surface area contributed by atoms with Gasteiger partial charge in [0.15, 0.2) is 0 Å². The number of benzene rings is 1. The highest BCUT2D eigenvalue weighted by molar-refractivity contribution is 5.82. The number of carbonyl (C=O) groups excluding carboxylic acids is 2. The smallest absolute Gasteiger partial charge is 0.412 e. The molecule has 1 aromatic carbocycles. The summed E-state index contributed by atoms with van der Waals surface area (Å²) in [5.74, 6) is -0.540. The third-order valence-corrected chi connectivity index (χ3v) is 3.59. The highest BCUT2D eigenvalue weighted by Crippen LogP contribution is 2.32. The second-order valence-corrected chi connectivity index (χ2v) is 5.20. The van der Waals surface area contributed by atoms with Gasteiger partial charge in [-0.3, -0.25) is 4.90 Å². The Bertz CT molecular complexity index is 514. The number of ether oxygens (including phenoxy) is 2. The predicted octanol–water partition coefficient (Wildman–Crippen LogP) is 1.67. The lowest BCUT2D eigenvalue weighted by Crippen LogP contribution is -2.51. The molecule has 114 valence electrons. The molecule has 0 aliphatic carbocycles. The summed E-state index contributed by atoms with van der Waals surface area (Å²) in [7, 11) is 1.21. The number of likely N-dealkylation sites (tertiary alicyclic amines) is 1. The molecule has 1 saturated heterocycles. The number of methoxy groups -OCH3 is 1. The van der Waals surface area contributed by atoms with Crippen LogP contribution in [0.15, 0.2) is 30.3 Å². The van der Waals surface area contributed by atoms with E-state index in [0.29, 0.717) is 12.8 Å². The van der Waals surface area contributed by atoms with E-state index < -0.39 is 23.8 Å². The number of nitrogens with zero attached hydrogens (tertiary/aromatic N) is 1. The van der Waals surface area contributed by atoms with E-state index in [2.05, 4.69) is 4.74 Å². The molecule has 2 rings (SSSR count). The third-order valence-electron chi connectivity index (χ3n) is 3.59. The van der Waals surface area contributed by atoms with Crippen LogP contribution >= 0.6 is 0 Å². The average Bonchev–Trinajstić information content (AvgIpc) is 2.80. The van der Waals surface area contributed by atoms with Crippen LogP contribution in [0, 0.1) is 0 Å². The average molecular weight is 293 g/mol. The van der Waals surface area contributed by atoms with E-state index in [1.165, 1.54) is 14.0 Å². The Morgan fingerprint density at radius 1 is 1.38 bits per heavy atom. The van der Waals surface area contributed by atoms with Crippen molar-refractivity contribution in [2.45, 2.75) is 38.1 Å². The molecule has 1 aliphatic rings. The van der Waals surface area contributed by atoms with Crippen molar-refractivity contribution >= 4 is 12.1 Å². The molecule has 6 nitrogen and oxygen atoms in total. The predicted molar refractivity (Wildman–Crippen MR) is 74.1 cm³/mol. The SMILES string of the molecule is COC(=O)N1[C@H](C(=O)OCc2ccccc2)CCC1(C)O. The number of esters is 1. The molecule has 0 aromatic heterocycles. The Labute approximate surface area is 123 Å². The van der Waals surface area contributed by atoms with Crippen LogP contribution in [0.25, 0.3) is 0 Å². The number of carbonyl (C=O) groups is 2. The van der Waals surface area contributed by atoms with Crippen LogP contribution in [0.4, 0.5) is 4.79 Å². The van der Waals surface area contributed by atoms with Crippen molar-refractivity contribution in [2.75, 3.05) is 7.11 Å². The van der Waals surface area contributed by atoms with E-state index >= 15 is 0 Å². The second kappa shape index (κ2) is 6.13. The van der Waals surface area contributed by atoms with Crippen LogP contribution in [0.3, 0.4) is 0 Å². The molecule has 0 spiro atoms. The summed E-state index contributed by atoms with van der Waals surface area (Å²) >= 11 is 0. The summed E-state index contributed by atoms with van der Waals surface area (Å²) in [5.41, 5.74) is -0.538. The summed E-state index contributed by atoms with van der Waals surface area (Å²) in [4.78, 5) is 25.0. The Kier molecular flexibility index (Phi) is 4.47. The van der Waals surface area contributed by atoms with Gasteiger partial charge in [0.25, 0.3) is 0 Å². The highest BCUT2D eigenvalue weighted by atomic mass is 16.6. The van der Waals surface area contributed by atoms with Crippen LogP contribution in [0.1, 0.15) is 25.3 Å². The van der Waals surface area contributed by atoms with Gasteiger partial charge in [-0.1, -0.05) is 30.3 Å². The van der Waals surface area contributed by atoms with Crippen LogP contribution in [-0.4, -0.2) is 40.9 Å². The maximum Gasteiger partial charge on any atom is 0.412 e. The van der Waals surface area contributed by atoms with Crippen LogP contribution in [0.5, 0.6) is 0 Å². The van der Waals surface area contributed by atoms with Gasteiger partial charge >= 0.3 is 12.1 Å². The van der Waals surface area contributed by atoms with Crippen molar-refractivity contribution < 1.29 is 24.2 Å². The van der Waals surface area contributed by atoms with Gasteiger partial charge in [0.1, 0.15) is 18.4 Å². The maximum atomic E-state index is 12.2. The molecule has 6 heteroatoms. The molecule has 1 unspecified atom stereocenters. The Morgan fingerprint density at radius 2 is 2.05 bits per heavy atom. The molecule has 1 amide bonds. The molecule has 0 bridgehead atoms. The van der Waals surface area contributed by atoms with Crippen molar-refractivity contribution in [1.29, 1.82) is 0 Å². The van der Waals surface area contributed by atoms with E-state index in [1.54, 1.807) is 0 Å². The van der Waals surface area contributed by atoms with Crippen molar-refractivity contribution in [3.63, 3.8) is 0 Å². The summed E-state index contributed by atoms with van der Waals surface area (Å²) in [6.07, 6.45) is -0.0951. The molecule has 1 N–H and O–H groups in total. The minimum atomic E-state index is -1.40. The van der Waals surface area contributed by atoms with Gasteiger partial charge in [0, 0.05) is 0 Å². The van der Waals surface area contributed by atoms with Gasteiger partial charge in [0.2, 0.25) is 0 Å². The van der Waals surface area contributed by atoms with Gasteiger partial charge in [-0.15, -0.1) is 0 Å². The van der Waals surface area contributed by atoms with E-state index in [-0.39, 0.29) is 6.61 Å². The summed E-state index contributed by atoms with van der Waals surface area (Å²) in [6, 6.07) is 8.44. The first-order valence-electron chi connectivity index (χ1n) is 6.76. The van der Waals surface area contributed by atoms with Gasteiger partial charge in [0.05, 0.1) is 7.11 Å². The number of hydrogen-bond donors (Lipinski definition) is 1. The highest BCUT2D eigenvalue weighted by Gasteiger charge is 2.49. The Hall–Kier alpha value is -2.08. The van der Waals surface area contributed by atoms with E-state index in [4.69, 9.17) is 4.74 Å². The lowest BCUT2D eigenvalue weighted by atomic mass is 10.2. The van der Waals surface area contributed by atoms with Crippen molar-refractivity contribution in [1.82, 2.24) is 4.90 Å². The lowest BCUT2D eigenvalue weighted by molar-refractivity contribution is -0.155. The number of aliphatic hydroxyl groups is 1. The van der Waals surface area contributed by atoms with E-state index in [9.17, 15) is 14.7 Å². The quantitative estimate of drug-likeness (QED) is 0.858. The molecule has 2 atom stereocenters. The zero-order chi connectivity index (χ0) is 15.5. The van der Waals surface area contributed by atoms with Crippen molar-refractivity contribution in [3.8, 4) is 0 Å². The zero-order valence-electron chi connectivity index (χ0n) is 12.1. The molecule has 0 radical (unpaired) electrons. The second-order valence-electron chi connectivity index (χ2n) is 5.20. The molecule has 1 aromatic rings. The fourth-order valence-electron chi connectivity index (χ4n) is 2.47. The summed E-state index contributed by atoms with van der Waals surface area (Å²) in [6.45, 7) is 1.61.